The summed E-state index contributed by atoms with van der Waals surface area (Å²) in [6.45, 7) is 3.12. The molecule has 0 spiro atoms. The number of carbonyl (C=O) groups is 1. The number of methoxy groups -OCH3 is 1. The van der Waals surface area contributed by atoms with Crippen molar-refractivity contribution < 1.29 is 9.53 Å². The fraction of sp³-hybridized carbons (Fsp3) is 0.261. The van der Waals surface area contributed by atoms with Gasteiger partial charge in [0.05, 0.1) is 7.11 Å². The van der Waals surface area contributed by atoms with Gasteiger partial charge in [-0.2, -0.15) is 0 Å². The smallest absolute Gasteiger partial charge is 0.270 e. The standard InChI is InChI=1S/C23H24N4O2/c1-16-25-20(23(28)24-15-17-9-11-19(29-2)12-10-17)14-22(26-16)27-13-5-7-18-6-3-4-8-21(18)27/h3-4,6,8-12,14H,5,7,13,15H2,1-2H3,(H,24,28). The predicted octanol–water partition coefficient (Wildman–Crippen LogP) is 3.81. The van der Waals surface area contributed by atoms with Crippen LogP contribution in [-0.2, 0) is 13.0 Å². The lowest BCUT2D eigenvalue weighted by atomic mass is 10.0. The molecule has 0 atom stereocenters. The highest BCUT2D eigenvalue weighted by atomic mass is 16.5. The Hall–Kier alpha value is -3.41. The number of nitrogens with one attached hydrogen (secondary N) is 1. The molecule has 6 nitrogen and oxygen atoms in total. The SMILES string of the molecule is COc1ccc(CNC(=O)c2cc(N3CCCc4ccccc43)nc(C)n2)cc1. The molecule has 3 aromatic rings. The number of anilines is 2. The summed E-state index contributed by atoms with van der Waals surface area (Å²) < 4.78 is 5.16. The molecule has 2 aromatic carbocycles. The summed E-state index contributed by atoms with van der Waals surface area (Å²) >= 11 is 0. The Morgan fingerprint density at radius 3 is 2.72 bits per heavy atom. The van der Waals surface area contributed by atoms with Gasteiger partial charge in [0.15, 0.2) is 0 Å². The Morgan fingerprint density at radius 2 is 1.93 bits per heavy atom. The van der Waals surface area contributed by atoms with Crippen molar-refractivity contribution in [3.8, 4) is 5.75 Å². The Balaban J connectivity index is 1.53. The fourth-order valence-corrected chi connectivity index (χ4v) is 3.59. The van der Waals surface area contributed by atoms with E-state index in [2.05, 4.69) is 38.4 Å². The lowest BCUT2D eigenvalue weighted by molar-refractivity contribution is 0.0945. The average molecular weight is 388 g/mol. The van der Waals surface area contributed by atoms with E-state index in [9.17, 15) is 4.79 Å². The van der Waals surface area contributed by atoms with Crippen LogP contribution in [0.3, 0.4) is 0 Å². The van der Waals surface area contributed by atoms with E-state index in [0.29, 0.717) is 18.1 Å². The highest BCUT2D eigenvalue weighted by Gasteiger charge is 2.21. The number of para-hydroxylation sites is 1. The summed E-state index contributed by atoms with van der Waals surface area (Å²) in [6, 6.07) is 17.7. The number of ether oxygens (including phenoxy) is 1. The molecule has 4 rings (SSSR count). The molecule has 6 heteroatoms. The number of aromatic nitrogens is 2. The van der Waals surface area contributed by atoms with Gasteiger partial charge in [0.2, 0.25) is 0 Å². The molecule has 1 amide bonds. The largest absolute Gasteiger partial charge is 0.497 e. The first-order valence-corrected chi connectivity index (χ1v) is 9.76. The summed E-state index contributed by atoms with van der Waals surface area (Å²) in [7, 11) is 1.63. The van der Waals surface area contributed by atoms with Crippen molar-refractivity contribution in [3.63, 3.8) is 0 Å². The molecular formula is C23H24N4O2. The zero-order valence-corrected chi connectivity index (χ0v) is 16.7. The molecule has 0 radical (unpaired) electrons. The van der Waals surface area contributed by atoms with Crippen LogP contribution in [0.4, 0.5) is 11.5 Å². The van der Waals surface area contributed by atoms with Crippen LogP contribution in [0.5, 0.6) is 5.75 Å². The van der Waals surface area contributed by atoms with Crippen LogP contribution in [0.1, 0.15) is 33.9 Å². The topological polar surface area (TPSA) is 67.3 Å². The van der Waals surface area contributed by atoms with E-state index < -0.39 is 0 Å². The molecule has 29 heavy (non-hydrogen) atoms. The minimum atomic E-state index is -0.210. The van der Waals surface area contributed by atoms with Crippen molar-refractivity contribution >= 4 is 17.4 Å². The van der Waals surface area contributed by atoms with Crippen molar-refractivity contribution in [2.24, 2.45) is 0 Å². The van der Waals surface area contributed by atoms with E-state index in [4.69, 9.17) is 4.74 Å². The number of nitrogens with zero attached hydrogens (tertiary/aromatic N) is 3. The van der Waals surface area contributed by atoms with Gasteiger partial charge in [0, 0.05) is 24.8 Å². The lowest BCUT2D eigenvalue weighted by Gasteiger charge is -2.30. The number of carbonyl (C=O) groups excluding carboxylic acids is 1. The Morgan fingerprint density at radius 1 is 1.14 bits per heavy atom. The second-order valence-corrected chi connectivity index (χ2v) is 7.07. The van der Waals surface area contributed by atoms with E-state index >= 15 is 0 Å². The number of aryl methyl sites for hydroxylation is 2. The predicted molar refractivity (Wildman–Crippen MR) is 113 cm³/mol. The van der Waals surface area contributed by atoms with E-state index in [0.717, 1.165) is 42.2 Å². The van der Waals surface area contributed by atoms with Gasteiger partial charge in [-0.15, -0.1) is 0 Å². The summed E-state index contributed by atoms with van der Waals surface area (Å²) in [5.41, 5.74) is 3.83. The third kappa shape index (κ3) is 4.21. The quantitative estimate of drug-likeness (QED) is 0.720. The third-order valence-corrected chi connectivity index (χ3v) is 5.06. The van der Waals surface area contributed by atoms with Crippen molar-refractivity contribution in [3.05, 3.63) is 77.2 Å². The minimum Gasteiger partial charge on any atom is -0.497 e. The second-order valence-electron chi connectivity index (χ2n) is 7.07. The molecule has 0 fully saturated rings. The Bertz CT molecular complexity index is 1020. The van der Waals surface area contributed by atoms with Crippen LogP contribution < -0.4 is 15.0 Å². The first-order valence-electron chi connectivity index (χ1n) is 9.76. The van der Waals surface area contributed by atoms with Crippen LogP contribution in [-0.4, -0.2) is 29.5 Å². The van der Waals surface area contributed by atoms with Crippen molar-refractivity contribution in [1.29, 1.82) is 0 Å². The van der Waals surface area contributed by atoms with E-state index in [1.807, 2.05) is 37.3 Å². The average Bonchev–Trinajstić information content (AvgIpc) is 2.77. The van der Waals surface area contributed by atoms with Gasteiger partial charge in [-0.05, 0) is 49.1 Å². The van der Waals surface area contributed by atoms with Gasteiger partial charge < -0.3 is 15.0 Å². The zero-order chi connectivity index (χ0) is 20.2. The number of benzene rings is 2. The van der Waals surface area contributed by atoms with Gasteiger partial charge in [0.25, 0.3) is 5.91 Å². The number of hydrogen-bond donors (Lipinski definition) is 1. The van der Waals surface area contributed by atoms with Gasteiger partial charge in [-0.25, -0.2) is 9.97 Å². The number of hydrogen-bond acceptors (Lipinski definition) is 5. The van der Waals surface area contributed by atoms with Gasteiger partial charge >= 0.3 is 0 Å². The first-order chi connectivity index (χ1) is 14.1. The maximum absolute atomic E-state index is 12.7. The van der Waals surface area contributed by atoms with Gasteiger partial charge in [-0.3, -0.25) is 4.79 Å². The Labute approximate surface area is 170 Å². The van der Waals surface area contributed by atoms with Crippen LogP contribution in [0.15, 0.2) is 54.6 Å². The molecule has 1 aromatic heterocycles. The molecule has 2 heterocycles. The molecule has 0 saturated heterocycles. The van der Waals surface area contributed by atoms with Crippen LogP contribution in [0, 0.1) is 6.92 Å². The highest BCUT2D eigenvalue weighted by Crippen LogP contribution is 2.32. The summed E-state index contributed by atoms with van der Waals surface area (Å²) in [5.74, 6) is 1.93. The summed E-state index contributed by atoms with van der Waals surface area (Å²) in [5, 5.41) is 2.94. The van der Waals surface area contributed by atoms with Gasteiger partial charge in [0.1, 0.15) is 23.1 Å². The maximum Gasteiger partial charge on any atom is 0.270 e. The highest BCUT2D eigenvalue weighted by molar-refractivity contribution is 5.93. The molecule has 1 aliphatic heterocycles. The summed E-state index contributed by atoms with van der Waals surface area (Å²) in [6.07, 6.45) is 2.12. The third-order valence-electron chi connectivity index (χ3n) is 5.06. The molecule has 148 valence electrons. The van der Waals surface area contributed by atoms with Crippen LogP contribution in [0.2, 0.25) is 0 Å². The van der Waals surface area contributed by atoms with Crippen LogP contribution in [0.25, 0.3) is 0 Å². The number of amides is 1. The minimum absolute atomic E-state index is 0.210. The van der Waals surface area contributed by atoms with E-state index in [1.165, 1.54) is 5.56 Å². The molecular weight excluding hydrogens is 364 g/mol. The lowest BCUT2D eigenvalue weighted by Crippen LogP contribution is -2.28. The van der Waals surface area contributed by atoms with Crippen LogP contribution >= 0.6 is 0 Å². The fourth-order valence-electron chi connectivity index (χ4n) is 3.59. The van der Waals surface area contributed by atoms with E-state index in [-0.39, 0.29) is 5.91 Å². The molecule has 0 unspecified atom stereocenters. The molecule has 1 N–H and O–H groups in total. The maximum atomic E-state index is 12.7. The molecule has 0 aliphatic carbocycles. The zero-order valence-electron chi connectivity index (χ0n) is 16.7. The normalized spacial score (nSPS) is 13.0. The monoisotopic (exact) mass is 388 g/mol. The van der Waals surface area contributed by atoms with E-state index in [1.54, 1.807) is 13.2 Å². The molecule has 0 saturated carbocycles. The second kappa shape index (κ2) is 8.31. The van der Waals surface area contributed by atoms with Gasteiger partial charge in [-0.1, -0.05) is 30.3 Å². The molecule has 1 aliphatic rings. The first kappa shape index (κ1) is 18.9. The number of fused-ring (bicyclic) bond motifs is 1. The van der Waals surface area contributed by atoms with Crippen molar-refractivity contribution in [2.75, 3.05) is 18.6 Å². The Kier molecular flexibility index (Phi) is 5.42. The van der Waals surface area contributed by atoms with Crippen molar-refractivity contribution in [1.82, 2.24) is 15.3 Å². The summed E-state index contributed by atoms with van der Waals surface area (Å²) in [4.78, 5) is 23.9. The molecule has 0 bridgehead atoms. The number of rotatable bonds is 5. The van der Waals surface area contributed by atoms with Crippen molar-refractivity contribution in [2.45, 2.75) is 26.3 Å².